The zero-order valence-electron chi connectivity index (χ0n) is 22.4. The first kappa shape index (κ1) is 28.3. The number of hydrogen-bond acceptors (Lipinski definition) is 5. The minimum atomic E-state index is -2.78. The van der Waals surface area contributed by atoms with Gasteiger partial charge in [0.05, 0.1) is 12.8 Å². The Morgan fingerprint density at radius 1 is 0.892 bits per heavy atom. The van der Waals surface area contributed by atoms with Crippen molar-refractivity contribution in [3.05, 3.63) is 96.6 Å². The lowest BCUT2D eigenvalue weighted by atomic mass is 10.2. The Bertz CT molecular complexity index is 1060. The van der Waals surface area contributed by atoms with E-state index in [-0.39, 0.29) is 17.6 Å². The molecule has 0 saturated carbocycles. The summed E-state index contributed by atoms with van der Waals surface area (Å²) in [6, 6.07) is 30.6. The van der Waals surface area contributed by atoms with E-state index in [1.807, 2.05) is 42.5 Å². The van der Waals surface area contributed by atoms with Gasteiger partial charge >= 0.3 is 5.97 Å². The maximum atomic E-state index is 12.6. The number of unbranched alkanes of at least 4 members (excludes halogenated alkanes) is 1. The predicted octanol–water partition coefficient (Wildman–Crippen LogP) is 5.87. The van der Waals surface area contributed by atoms with Crippen LogP contribution in [0.4, 0.5) is 0 Å². The average molecular weight is 518 g/mol. The smallest absolute Gasteiger partial charge is 0.306 e. The molecule has 0 N–H and O–H groups in total. The quantitative estimate of drug-likeness (QED) is 0.123. The van der Waals surface area contributed by atoms with Crippen LogP contribution in [0.1, 0.15) is 52.5 Å². The Morgan fingerprint density at radius 3 is 1.95 bits per heavy atom. The van der Waals surface area contributed by atoms with Crippen molar-refractivity contribution >= 4 is 30.9 Å². The molecule has 0 unspecified atom stereocenters. The van der Waals surface area contributed by atoms with Crippen LogP contribution >= 0.6 is 0 Å². The van der Waals surface area contributed by atoms with Crippen LogP contribution in [0.2, 0.25) is 5.04 Å². The van der Waals surface area contributed by atoms with Crippen molar-refractivity contribution in [2.24, 2.45) is 5.16 Å². The van der Waals surface area contributed by atoms with Gasteiger partial charge in [0.15, 0.2) is 6.10 Å². The molecule has 6 heteroatoms. The summed E-state index contributed by atoms with van der Waals surface area (Å²) in [5.74, 6) is -0.257. The van der Waals surface area contributed by atoms with E-state index in [1.54, 1.807) is 6.21 Å². The highest BCUT2D eigenvalue weighted by atomic mass is 28.4. The molecule has 0 aliphatic rings. The van der Waals surface area contributed by atoms with Gasteiger partial charge in [0, 0.05) is 6.42 Å². The fraction of sp³-hybridized carbons (Fsp3) is 0.355. The fourth-order valence-electron chi connectivity index (χ4n) is 4.42. The summed E-state index contributed by atoms with van der Waals surface area (Å²) in [5.41, 5.74) is 1.01. The van der Waals surface area contributed by atoms with Crippen LogP contribution in [-0.4, -0.2) is 33.2 Å². The summed E-state index contributed by atoms with van der Waals surface area (Å²) < 4.78 is 12.8. The first-order valence-electron chi connectivity index (χ1n) is 13.0. The number of benzene rings is 3. The molecule has 196 valence electrons. The molecular weight excluding hydrogens is 478 g/mol. The Kier molecular flexibility index (Phi) is 10.7. The Hall–Kier alpha value is -3.22. The van der Waals surface area contributed by atoms with Crippen molar-refractivity contribution in [3.63, 3.8) is 0 Å². The molecule has 37 heavy (non-hydrogen) atoms. The molecule has 0 aliphatic carbocycles. The molecule has 0 aromatic heterocycles. The molecule has 0 saturated heterocycles. The molecule has 1 atom stereocenters. The third-order valence-electron chi connectivity index (χ3n) is 6.27. The van der Waals surface area contributed by atoms with Gasteiger partial charge in [-0.1, -0.05) is 130 Å². The first-order valence-corrected chi connectivity index (χ1v) is 14.9. The number of hydrogen-bond donors (Lipinski definition) is 0. The molecule has 0 radical (unpaired) electrons. The molecule has 0 amide bonds. The van der Waals surface area contributed by atoms with Crippen LogP contribution in [0.5, 0.6) is 0 Å². The maximum Gasteiger partial charge on any atom is 0.306 e. The van der Waals surface area contributed by atoms with Gasteiger partial charge < -0.3 is 14.0 Å². The van der Waals surface area contributed by atoms with Crippen molar-refractivity contribution in [1.82, 2.24) is 0 Å². The van der Waals surface area contributed by atoms with Gasteiger partial charge in [0.1, 0.15) is 6.61 Å². The molecule has 3 rings (SSSR count). The fourth-order valence-corrected chi connectivity index (χ4v) is 8.99. The van der Waals surface area contributed by atoms with E-state index in [0.29, 0.717) is 13.0 Å². The van der Waals surface area contributed by atoms with E-state index < -0.39 is 14.4 Å². The number of carbonyl (C=O) groups is 1. The maximum absolute atomic E-state index is 12.6. The average Bonchev–Trinajstić information content (AvgIpc) is 2.91. The minimum absolute atomic E-state index is 0.184. The Labute approximate surface area is 222 Å². The second-order valence-electron chi connectivity index (χ2n) is 10.1. The third-order valence-corrected chi connectivity index (χ3v) is 11.3. The van der Waals surface area contributed by atoms with Gasteiger partial charge in [-0.15, -0.1) is 0 Å². The van der Waals surface area contributed by atoms with Gasteiger partial charge in [-0.2, -0.15) is 0 Å². The molecule has 5 nitrogen and oxygen atoms in total. The van der Waals surface area contributed by atoms with E-state index in [2.05, 4.69) is 81.4 Å². The highest BCUT2D eigenvalue weighted by molar-refractivity contribution is 6.99. The molecule has 3 aromatic rings. The van der Waals surface area contributed by atoms with Gasteiger partial charge in [-0.3, -0.25) is 4.79 Å². The van der Waals surface area contributed by atoms with Crippen LogP contribution in [0.3, 0.4) is 0 Å². The molecule has 0 aliphatic heterocycles. The molecule has 0 bridgehead atoms. The largest absolute Gasteiger partial charge is 0.454 e. The van der Waals surface area contributed by atoms with E-state index in [1.165, 1.54) is 10.4 Å². The van der Waals surface area contributed by atoms with Crippen molar-refractivity contribution in [2.75, 3.05) is 6.61 Å². The van der Waals surface area contributed by atoms with Gasteiger partial charge in [0.25, 0.3) is 8.32 Å². The summed E-state index contributed by atoms with van der Waals surface area (Å²) >= 11 is 0. The lowest BCUT2D eigenvalue weighted by Crippen LogP contribution is -2.67. The molecule has 0 heterocycles. The number of esters is 1. The summed E-state index contributed by atoms with van der Waals surface area (Å²) in [6.45, 7) is 9.23. The SMILES string of the molecule is CCCCC(=O)O[C@@H](/C=N/OCc1ccccc1)CO[Si](c1ccccc1)(c1ccccc1)C(C)(C)C. The topological polar surface area (TPSA) is 57.1 Å². The summed E-state index contributed by atoms with van der Waals surface area (Å²) in [5, 5.41) is 6.29. The van der Waals surface area contributed by atoms with Gasteiger partial charge in [-0.05, 0) is 27.4 Å². The second kappa shape index (κ2) is 13.9. The van der Waals surface area contributed by atoms with Crippen LogP contribution < -0.4 is 10.4 Å². The van der Waals surface area contributed by atoms with Gasteiger partial charge in [-0.25, -0.2) is 0 Å². The highest BCUT2D eigenvalue weighted by Crippen LogP contribution is 2.36. The number of carbonyl (C=O) groups excluding carboxylic acids is 1. The second-order valence-corrected chi connectivity index (χ2v) is 14.4. The lowest BCUT2D eigenvalue weighted by Gasteiger charge is -2.43. The van der Waals surface area contributed by atoms with E-state index >= 15 is 0 Å². The molecule has 0 fully saturated rings. The van der Waals surface area contributed by atoms with Crippen LogP contribution in [0.15, 0.2) is 96.2 Å². The Morgan fingerprint density at radius 2 is 1.43 bits per heavy atom. The molecule has 3 aromatic carbocycles. The number of nitrogens with zero attached hydrogens (tertiary/aromatic N) is 1. The van der Waals surface area contributed by atoms with Crippen LogP contribution in [0.25, 0.3) is 0 Å². The normalized spacial score (nSPS) is 12.9. The lowest BCUT2D eigenvalue weighted by molar-refractivity contribution is -0.147. The summed E-state index contributed by atoms with van der Waals surface area (Å²) in [7, 11) is -2.78. The summed E-state index contributed by atoms with van der Waals surface area (Å²) in [6.07, 6.45) is 2.95. The van der Waals surface area contributed by atoms with E-state index in [0.717, 1.165) is 18.4 Å². The molecule has 0 spiro atoms. The zero-order valence-corrected chi connectivity index (χ0v) is 23.4. The first-order chi connectivity index (χ1) is 17.9. The number of ether oxygens (including phenoxy) is 1. The summed E-state index contributed by atoms with van der Waals surface area (Å²) in [4.78, 5) is 18.1. The van der Waals surface area contributed by atoms with Crippen LogP contribution in [-0.2, 0) is 25.4 Å². The third kappa shape index (κ3) is 7.88. The van der Waals surface area contributed by atoms with Crippen molar-refractivity contribution < 1.29 is 18.8 Å². The predicted molar refractivity (Wildman–Crippen MR) is 153 cm³/mol. The molecular formula is C31H39NO4Si. The number of rotatable bonds is 13. The zero-order chi connectivity index (χ0) is 26.6. The van der Waals surface area contributed by atoms with Crippen molar-refractivity contribution in [2.45, 2.75) is 64.7 Å². The highest BCUT2D eigenvalue weighted by Gasteiger charge is 2.50. The van der Waals surface area contributed by atoms with Crippen molar-refractivity contribution in [3.8, 4) is 0 Å². The number of oxime groups is 1. The standard InChI is InChI=1S/C31H39NO4Si/c1-5-6-22-30(33)36-27(23-32-34-24-26-16-10-7-11-17-26)25-35-37(31(2,3)4,28-18-12-8-13-19-28)29-20-14-9-15-21-29/h7-21,23,27H,5-6,22,24-25H2,1-4H3/b32-23+/t27-/m0/s1. The van der Waals surface area contributed by atoms with E-state index in [4.69, 9.17) is 14.0 Å². The Balaban J connectivity index is 1.87. The minimum Gasteiger partial charge on any atom is -0.454 e. The van der Waals surface area contributed by atoms with Crippen LogP contribution in [0, 0.1) is 0 Å². The van der Waals surface area contributed by atoms with Crippen molar-refractivity contribution in [1.29, 1.82) is 0 Å². The van der Waals surface area contributed by atoms with Gasteiger partial charge in [0.2, 0.25) is 0 Å². The monoisotopic (exact) mass is 517 g/mol. The van der Waals surface area contributed by atoms with E-state index in [9.17, 15) is 4.79 Å².